The Morgan fingerprint density at radius 2 is 1.95 bits per heavy atom. The third-order valence-corrected chi connectivity index (χ3v) is 4.72. The highest BCUT2D eigenvalue weighted by Gasteiger charge is 2.18. The monoisotopic (exact) mass is 329 g/mol. The lowest BCUT2D eigenvalue weighted by atomic mass is 10.2. The van der Waals surface area contributed by atoms with E-state index in [1.165, 1.54) is 13.2 Å². The zero-order valence-electron chi connectivity index (χ0n) is 11.4. The highest BCUT2D eigenvalue weighted by Crippen LogP contribution is 2.27. The minimum atomic E-state index is -3.86. The number of benzene rings is 2. The first-order valence-corrected chi connectivity index (χ1v) is 7.83. The molecule has 2 rings (SSSR count). The second-order valence-corrected chi connectivity index (χ2v) is 6.40. The summed E-state index contributed by atoms with van der Waals surface area (Å²) in [7, 11) is -2.59. The van der Waals surface area contributed by atoms with E-state index in [4.69, 9.17) is 16.3 Å². The van der Waals surface area contributed by atoms with Gasteiger partial charge >= 0.3 is 0 Å². The van der Waals surface area contributed by atoms with Gasteiger partial charge in [0.1, 0.15) is 0 Å². The van der Waals surface area contributed by atoms with Crippen LogP contribution in [0.1, 0.15) is 5.56 Å². The van der Waals surface area contributed by atoms with E-state index in [0.29, 0.717) is 16.3 Å². The Balaban J connectivity index is 2.41. The number of anilines is 1. The van der Waals surface area contributed by atoms with E-state index in [9.17, 15) is 12.8 Å². The molecule has 7 heteroatoms. The Labute approximate surface area is 127 Å². The van der Waals surface area contributed by atoms with Gasteiger partial charge in [-0.2, -0.15) is 0 Å². The summed E-state index contributed by atoms with van der Waals surface area (Å²) in [5, 5.41) is 0.451. The van der Waals surface area contributed by atoms with Gasteiger partial charge in [-0.05, 0) is 36.8 Å². The van der Waals surface area contributed by atoms with Crippen molar-refractivity contribution in [3.8, 4) is 5.75 Å². The fraction of sp³-hybridized carbons (Fsp3) is 0.143. The van der Waals surface area contributed by atoms with Crippen LogP contribution in [-0.4, -0.2) is 15.5 Å². The highest BCUT2D eigenvalue weighted by molar-refractivity contribution is 7.92. The van der Waals surface area contributed by atoms with Crippen molar-refractivity contribution in [2.75, 3.05) is 11.8 Å². The highest BCUT2D eigenvalue weighted by atomic mass is 35.5. The number of sulfonamides is 1. The third kappa shape index (κ3) is 3.28. The van der Waals surface area contributed by atoms with Crippen molar-refractivity contribution in [2.45, 2.75) is 11.8 Å². The molecule has 2 aromatic rings. The summed E-state index contributed by atoms with van der Waals surface area (Å²) in [4.78, 5) is -0.0971. The predicted molar refractivity (Wildman–Crippen MR) is 79.9 cm³/mol. The molecule has 0 fully saturated rings. The van der Waals surface area contributed by atoms with Gasteiger partial charge in [-0.3, -0.25) is 4.72 Å². The molecular formula is C14H13ClFNO3S. The average Bonchev–Trinajstić information content (AvgIpc) is 2.44. The van der Waals surface area contributed by atoms with Gasteiger partial charge < -0.3 is 4.74 Å². The van der Waals surface area contributed by atoms with Gasteiger partial charge in [0.05, 0.1) is 17.7 Å². The summed E-state index contributed by atoms with van der Waals surface area (Å²) >= 11 is 5.95. The molecule has 0 aliphatic rings. The minimum absolute atomic E-state index is 0.0971. The molecule has 0 amide bonds. The Kier molecular flexibility index (Phi) is 4.39. The standard InChI is InChI=1S/C14H13ClFNO3S/c1-9-11(15)4-3-5-13(9)17-21(18,19)10-6-7-12(16)14(8-10)20-2/h3-8,17H,1-2H3. The lowest BCUT2D eigenvalue weighted by Gasteiger charge is -2.12. The SMILES string of the molecule is COc1cc(S(=O)(=O)Nc2cccc(Cl)c2C)ccc1F. The second-order valence-electron chi connectivity index (χ2n) is 4.31. The first-order valence-electron chi connectivity index (χ1n) is 5.96. The number of ether oxygens (including phenoxy) is 1. The molecule has 0 atom stereocenters. The molecule has 0 aromatic heterocycles. The van der Waals surface area contributed by atoms with Crippen molar-refractivity contribution < 1.29 is 17.5 Å². The van der Waals surface area contributed by atoms with E-state index in [0.717, 1.165) is 12.1 Å². The molecule has 0 spiro atoms. The molecule has 0 unspecified atom stereocenters. The number of rotatable bonds is 4. The summed E-state index contributed by atoms with van der Waals surface area (Å²) in [5.41, 5.74) is 0.975. The molecule has 2 aromatic carbocycles. The summed E-state index contributed by atoms with van der Waals surface area (Å²) in [6.07, 6.45) is 0. The van der Waals surface area contributed by atoms with Crippen LogP contribution in [0.4, 0.5) is 10.1 Å². The van der Waals surface area contributed by atoms with Gasteiger partial charge in [0.25, 0.3) is 10.0 Å². The summed E-state index contributed by atoms with van der Waals surface area (Å²) < 4.78 is 45.2. The maximum atomic E-state index is 13.3. The maximum absolute atomic E-state index is 13.3. The summed E-state index contributed by atoms with van der Waals surface area (Å²) in [5.74, 6) is -0.768. The molecule has 1 N–H and O–H groups in total. The maximum Gasteiger partial charge on any atom is 0.262 e. The van der Waals surface area contributed by atoms with Crippen LogP contribution in [-0.2, 0) is 10.0 Å². The molecule has 0 aliphatic heterocycles. The van der Waals surface area contributed by atoms with Crippen molar-refractivity contribution in [3.05, 3.63) is 52.8 Å². The summed E-state index contributed by atoms with van der Waals surface area (Å²) in [6, 6.07) is 8.23. The Bertz CT molecular complexity index is 778. The van der Waals surface area contributed by atoms with Gasteiger partial charge in [-0.15, -0.1) is 0 Å². The molecule has 21 heavy (non-hydrogen) atoms. The van der Waals surface area contributed by atoms with Crippen LogP contribution in [0.3, 0.4) is 0 Å². The smallest absolute Gasteiger partial charge is 0.262 e. The third-order valence-electron chi connectivity index (χ3n) is 2.94. The molecule has 4 nitrogen and oxygen atoms in total. The van der Waals surface area contributed by atoms with Crippen molar-refractivity contribution in [1.29, 1.82) is 0 Å². The fourth-order valence-corrected chi connectivity index (χ4v) is 3.04. The number of nitrogens with one attached hydrogen (secondary N) is 1. The quantitative estimate of drug-likeness (QED) is 0.932. The molecule has 112 valence electrons. The van der Waals surface area contributed by atoms with Crippen LogP contribution in [0.2, 0.25) is 5.02 Å². The van der Waals surface area contributed by atoms with Crippen LogP contribution >= 0.6 is 11.6 Å². The van der Waals surface area contributed by atoms with Crippen molar-refractivity contribution >= 4 is 27.3 Å². The number of hydrogen-bond donors (Lipinski definition) is 1. The Morgan fingerprint density at radius 1 is 1.24 bits per heavy atom. The van der Waals surface area contributed by atoms with Gasteiger partial charge in [-0.1, -0.05) is 17.7 Å². The topological polar surface area (TPSA) is 55.4 Å². The molecule has 0 radical (unpaired) electrons. The zero-order valence-corrected chi connectivity index (χ0v) is 12.9. The van der Waals surface area contributed by atoms with E-state index in [1.807, 2.05) is 0 Å². The van der Waals surface area contributed by atoms with E-state index in [1.54, 1.807) is 25.1 Å². The van der Waals surface area contributed by atoms with E-state index in [2.05, 4.69) is 4.72 Å². The molecule has 0 heterocycles. The van der Waals surface area contributed by atoms with Crippen molar-refractivity contribution in [3.63, 3.8) is 0 Å². The average molecular weight is 330 g/mol. The molecule has 0 bridgehead atoms. The van der Waals surface area contributed by atoms with Crippen LogP contribution in [0.25, 0.3) is 0 Å². The second kappa shape index (κ2) is 5.91. The summed E-state index contributed by atoms with van der Waals surface area (Å²) in [6.45, 7) is 1.70. The lowest BCUT2D eigenvalue weighted by molar-refractivity contribution is 0.385. The Morgan fingerprint density at radius 3 is 2.62 bits per heavy atom. The van der Waals surface area contributed by atoms with Crippen LogP contribution < -0.4 is 9.46 Å². The van der Waals surface area contributed by atoms with Crippen molar-refractivity contribution in [1.82, 2.24) is 0 Å². The molecule has 0 aliphatic carbocycles. The fourth-order valence-electron chi connectivity index (χ4n) is 1.73. The van der Waals surface area contributed by atoms with Gasteiger partial charge in [0.15, 0.2) is 11.6 Å². The molecule has 0 saturated carbocycles. The molecule has 0 saturated heterocycles. The van der Waals surface area contributed by atoms with E-state index >= 15 is 0 Å². The Hall–Kier alpha value is -1.79. The van der Waals surface area contributed by atoms with Crippen LogP contribution in [0.5, 0.6) is 5.75 Å². The number of hydrogen-bond acceptors (Lipinski definition) is 3. The van der Waals surface area contributed by atoms with Crippen LogP contribution in [0, 0.1) is 12.7 Å². The van der Waals surface area contributed by atoms with Gasteiger partial charge in [-0.25, -0.2) is 12.8 Å². The first kappa shape index (κ1) is 15.6. The van der Waals surface area contributed by atoms with Crippen LogP contribution in [0.15, 0.2) is 41.3 Å². The largest absolute Gasteiger partial charge is 0.494 e. The first-order chi connectivity index (χ1) is 9.85. The van der Waals surface area contributed by atoms with Gasteiger partial charge in [0, 0.05) is 11.1 Å². The molecular weight excluding hydrogens is 317 g/mol. The van der Waals surface area contributed by atoms with Crippen molar-refractivity contribution in [2.24, 2.45) is 0 Å². The normalized spacial score (nSPS) is 11.2. The number of halogens is 2. The minimum Gasteiger partial charge on any atom is -0.494 e. The van der Waals surface area contributed by atoms with E-state index < -0.39 is 15.8 Å². The zero-order chi connectivity index (χ0) is 15.6. The van der Waals surface area contributed by atoms with E-state index in [-0.39, 0.29) is 10.6 Å². The van der Waals surface area contributed by atoms with Gasteiger partial charge in [0.2, 0.25) is 0 Å². The predicted octanol–water partition coefficient (Wildman–Crippen LogP) is 3.60. The number of methoxy groups -OCH3 is 1. The lowest BCUT2D eigenvalue weighted by Crippen LogP contribution is -2.14.